The van der Waals surface area contributed by atoms with Gasteiger partial charge in [0.25, 0.3) is 0 Å². The lowest BCUT2D eigenvalue weighted by Gasteiger charge is -2.35. The van der Waals surface area contributed by atoms with Crippen molar-refractivity contribution in [1.82, 2.24) is 24.8 Å². The number of thiophene rings is 1. The molecule has 0 atom stereocenters. The number of alkyl halides is 3. The van der Waals surface area contributed by atoms with Crippen LogP contribution in [0.2, 0.25) is 0 Å². The van der Waals surface area contributed by atoms with Crippen molar-refractivity contribution >= 4 is 37.3 Å². The predicted octanol–water partition coefficient (Wildman–Crippen LogP) is 4.29. The molecule has 0 unspecified atom stereocenters. The molecule has 224 valence electrons. The Kier molecular flexibility index (Phi) is 8.74. The number of pyridine rings is 1. The van der Waals surface area contributed by atoms with Gasteiger partial charge in [0.2, 0.25) is 11.8 Å². The summed E-state index contributed by atoms with van der Waals surface area (Å²) in [6.07, 6.45) is 1.90. The van der Waals surface area contributed by atoms with Crippen LogP contribution in [0.5, 0.6) is 5.88 Å². The zero-order valence-electron chi connectivity index (χ0n) is 23.5. The van der Waals surface area contributed by atoms with Crippen LogP contribution in [-0.2, 0) is 22.1 Å². The largest absolute Gasteiger partial charge is 0.481 e. The minimum atomic E-state index is -4.20. The van der Waals surface area contributed by atoms with Crippen molar-refractivity contribution in [2.45, 2.75) is 44.7 Å². The Morgan fingerprint density at radius 1 is 1.02 bits per heavy atom. The second-order valence-corrected chi connectivity index (χ2v) is 14.2. The van der Waals surface area contributed by atoms with E-state index in [-0.39, 0.29) is 11.6 Å². The van der Waals surface area contributed by atoms with E-state index in [1.165, 1.54) is 18.3 Å². The van der Waals surface area contributed by atoms with E-state index >= 15 is 0 Å². The number of piperidine rings is 1. The molecule has 3 aromatic heterocycles. The standard InChI is InChI=1S/C27H35F3N6O3S2/c1-18-21(15-34-9-11-35(12-10-34)17-27(28,29)30)23-24(40-18)22(32-26(33-23)36-7-5-4-6-8-36)19-13-20(16-41(3,37)38)25(39-2)31-14-19/h13-14H,4-12,15-17H2,1-3H3. The molecule has 0 saturated carbocycles. The van der Waals surface area contributed by atoms with Crippen molar-refractivity contribution in [3.8, 4) is 17.1 Å². The van der Waals surface area contributed by atoms with Crippen LogP contribution in [0.4, 0.5) is 19.1 Å². The second-order valence-electron chi connectivity index (χ2n) is 10.9. The van der Waals surface area contributed by atoms with E-state index in [9.17, 15) is 21.6 Å². The molecule has 2 aliphatic heterocycles. The predicted molar refractivity (Wildman–Crippen MR) is 154 cm³/mol. The first-order valence-corrected chi connectivity index (χ1v) is 16.6. The number of halogens is 3. The normalized spacial score (nSPS) is 17.9. The van der Waals surface area contributed by atoms with Crippen LogP contribution >= 0.6 is 11.3 Å². The highest BCUT2D eigenvalue weighted by Gasteiger charge is 2.32. The Morgan fingerprint density at radius 2 is 1.71 bits per heavy atom. The molecule has 14 heteroatoms. The third-order valence-corrected chi connectivity index (χ3v) is 9.50. The SMILES string of the molecule is COc1ncc(-c2nc(N3CCCCC3)nc3c(CN4CCN(CC(F)(F)F)CC4)c(C)sc23)cc1CS(C)(=O)=O. The van der Waals surface area contributed by atoms with Gasteiger partial charge < -0.3 is 9.64 Å². The molecule has 0 amide bonds. The molecule has 2 fully saturated rings. The Morgan fingerprint density at radius 3 is 2.34 bits per heavy atom. The van der Waals surface area contributed by atoms with Gasteiger partial charge in [-0.3, -0.25) is 9.80 Å². The molecule has 0 spiro atoms. The molecule has 5 rings (SSSR count). The highest BCUT2D eigenvalue weighted by molar-refractivity contribution is 7.89. The molecule has 0 radical (unpaired) electrons. The smallest absolute Gasteiger partial charge is 0.401 e. The van der Waals surface area contributed by atoms with Gasteiger partial charge in [-0.1, -0.05) is 0 Å². The van der Waals surface area contributed by atoms with E-state index in [1.807, 2.05) is 6.92 Å². The molecule has 2 aliphatic rings. The van der Waals surface area contributed by atoms with E-state index in [2.05, 4.69) is 14.8 Å². The molecule has 0 N–H and O–H groups in total. The zero-order chi connectivity index (χ0) is 29.4. The third kappa shape index (κ3) is 7.27. The first-order chi connectivity index (χ1) is 19.4. The maximum atomic E-state index is 12.9. The number of aromatic nitrogens is 3. The first kappa shape index (κ1) is 29.9. The fraction of sp³-hybridized carbons (Fsp3) is 0.593. The molecule has 3 aromatic rings. The Balaban J connectivity index is 1.53. The van der Waals surface area contributed by atoms with Crippen LogP contribution in [0, 0.1) is 6.92 Å². The van der Waals surface area contributed by atoms with Gasteiger partial charge in [0.05, 0.1) is 35.3 Å². The summed E-state index contributed by atoms with van der Waals surface area (Å²) in [6.45, 7) is 5.25. The average Bonchev–Trinajstić information content (AvgIpc) is 3.22. The maximum Gasteiger partial charge on any atom is 0.401 e. The number of fused-ring (bicyclic) bond motifs is 1. The number of methoxy groups -OCH3 is 1. The van der Waals surface area contributed by atoms with Crippen LogP contribution < -0.4 is 9.64 Å². The van der Waals surface area contributed by atoms with Crippen molar-refractivity contribution in [2.75, 3.05) is 64.1 Å². The van der Waals surface area contributed by atoms with Gasteiger partial charge in [-0.05, 0) is 32.3 Å². The number of rotatable bonds is 8. The topological polar surface area (TPSA) is 91.8 Å². The summed E-state index contributed by atoms with van der Waals surface area (Å²) in [5.41, 5.74) is 3.72. The van der Waals surface area contributed by atoms with Gasteiger partial charge in [-0.15, -0.1) is 11.3 Å². The fourth-order valence-corrected chi connectivity index (χ4v) is 7.41. The number of aryl methyl sites for hydroxylation is 1. The molecule has 9 nitrogen and oxygen atoms in total. The number of piperazine rings is 1. The van der Waals surface area contributed by atoms with Gasteiger partial charge in [-0.2, -0.15) is 13.2 Å². The van der Waals surface area contributed by atoms with Gasteiger partial charge >= 0.3 is 6.18 Å². The van der Waals surface area contributed by atoms with Crippen molar-refractivity contribution in [1.29, 1.82) is 0 Å². The Hall–Kier alpha value is -2.55. The fourth-order valence-electron chi connectivity index (χ4n) is 5.52. The second kappa shape index (κ2) is 12.0. The quantitative estimate of drug-likeness (QED) is 0.370. The summed E-state index contributed by atoms with van der Waals surface area (Å²) >= 11 is 1.57. The van der Waals surface area contributed by atoms with Gasteiger partial charge in [0, 0.05) is 79.8 Å². The summed E-state index contributed by atoms with van der Waals surface area (Å²) in [5, 5.41) is 0. The van der Waals surface area contributed by atoms with E-state index in [1.54, 1.807) is 23.6 Å². The van der Waals surface area contributed by atoms with Crippen LogP contribution in [0.25, 0.3) is 21.5 Å². The molecule has 0 aromatic carbocycles. The molecule has 41 heavy (non-hydrogen) atoms. The zero-order valence-corrected chi connectivity index (χ0v) is 25.1. The first-order valence-electron chi connectivity index (χ1n) is 13.7. The lowest BCUT2D eigenvalue weighted by atomic mass is 10.1. The summed E-state index contributed by atoms with van der Waals surface area (Å²) in [5.74, 6) is 0.675. The van der Waals surface area contributed by atoms with Crippen LogP contribution in [0.3, 0.4) is 0 Å². The minimum Gasteiger partial charge on any atom is -0.481 e. The number of hydrogen-bond donors (Lipinski definition) is 0. The summed E-state index contributed by atoms with van der Waals surface area (Å²) in [4.78, 5) is 21.4. The van der Waals surface area contributed by atoms with E-state index in [0.29, 0.717) is 55.5 Å². The number of anilines is 1. The molecule has 2 saturated heterocycles. The summed E-state index contributed by atoms with van der Waals surface area (Å²) in [6, 6.07) is 1.78. The molecular formula is C27H35F3N6O3S2. The monoisotopic (exact) mass is 612 g/mol. The molecule has 5 heterocycles. The average molecular weight is 613 g/mol. The highest BCUT2D eigenvalue weighted by Crippen LogP contribution is 2.39. The van der Waals surface area contributed by atoms with Crippen molar-refractivity contribution in [2.24, 2.45) is 0 Å². The van der Waals surface area contributed by atoms with Crippen LogP contribution in [0.1, 0.15) is 35.3 Å². The Labute approximate surface area is 242 Å². The highest BCUT2D eigenvalue weighted by atomic mass is 32.2. The maximum absolute atomic E-state index is 12.9. The van der Waals surface area contributed by atoms with Crippen molar-refractivity contribution < 1.29 is 26.3 Å². The molecule has 0 bridgehead atoms. The Bertz CT molecular complexity index is 1500. The van der Waals surface area contributed by atoms with Gasteiger partial charge in [-0.25, -0.2) is 23.4 Å². The van der Waals surface area contributed by atoms with Crippen molar-refractivity contribution in [3.63, 3.8) is 0 Å². The minimum absolute atomic E-state index is 0.209. The van der Waals surface area contributed by atoms with Crippen LogP contribution in [-0.4, -0.2) is 98.5 Å². The van der Waals surface area contributed by atoms with Gasteiger partial charge in [0.15, 0.2) is 9.84 Å². The number of sulfone groups is 1. The summed E-state index contributed by atoms with van der Waals surface area (Å²) in [7, 11) is -1.88. The van der Waals surface area contributed by atoms with Crippen LogP contribution in [0.15, 0.2) is 12.3 Å². The molecule has 0 aliphatic carbocycles. The number of nitrogens with zero attached hydrogens (tertiary/aromatic N) is 6. The van der Waals surface area contributed by atoms with E-state index in [4.69, 9.17) is 14.7 Å². The third-order valence-electron chi connectivity index (χ3n) is 7.52. The number of hydrogen-bond acceptors (Lipinski definition) is 10. The van der Waals surface area contributed by atoms with E-state index < -0.39 is 22.6 Å². The summed E-state index contributed by atoms with van der Waals surface area (Å²) < 4.78 is 69.1. The molecular weight excluding hydrogens is 577 g/mol. The lowest BCUT2D eigenvalue weighted by molar-refractivity contribution is -0.149. The lowest BCUT2D eigenvalue weighted by Crippen LogP contribution is -2.48. The van der Waals surface area contributed by atoms with Gasteiger partial charge in [0.1, 0.15) is 0 Å². The van der Waals surface area contributed by atoms with Crippen molar-refractivity contribution in [3.05, 3.63) is 28.3 Å². The number of ether oxygens (including phenoxy) is 1. The van der Waals surface area contributed by atoms with E-state index in [0.717, 1.165) is 53.0 Å².